The number of nitrogens with one attached hydrogen (secondary N) is 1. The zero-order chi connectivity index (χ0) is 26.2. The first kappa shape index (κ1) is 24.5. The van der Waals surface area contributed by atoms with Gasteiger partial charge < -0.3 is 20.0 Å². The number of fused-ring (bicyclic) bond motifs is 2. The lowest BCUT2D eigenvalue weighted by molar-refractivity contribution is -0.129. The van der Waals surface area contributed by atoms with E-state index in [0.29, 0.717) is 18.1 Å². The third-order valence-electron chi connectivity index (χ3n) is 7.57. The highest BCUT2D eigenvalue weighted by Crippen LogP contribution is 2.35. The average molecular weight is 531 g/mol. The predicted octanol–water partition coefficient (Wildman–Crippen LogP) is 3.90. The lowest BCUT2D eigenvalue weighted by atomic mass is 10.1. The topological polar surface area (TPSA) is 81.9 Å². The van der Waals surface area contributed by atoms with E-state index in [-0.39, 0.29) is 12.5 Å². The minimum Gasteiger partial charge on any atom is -0.371 e. The van der Waals surface area contributed by atoms with Gasteiger partial charge >= 0.3 is 0 Å². The molecule has 6 rings (SSSR count). The molecular formula is C28H31ClN8O. The molecule has 9 nitrogen and oxygen atoms in total. The second kappa shape index (κ2) is 10.1. The van der Waals surface area contributed by atoms with Crippen molar-refractivity contribution in [1.29, 1.82) is 0 Å². The zero-order valence-electron chi connectivity index (χ0n) is 21.7. The number of halogens is 1. The summed E-state index contributed by atoms with van der Waals surface area (Å²) in [5.74, 6) is 0.864. The molecule has 0 bridgehead atoms. The standard InChI is InChI=1S/C28H31ClN8O/c1-3-34-8-6-20-14-21(4-5-23(20)34)26-28(37-9-7-30-17-24(37)33-26)32-18-25(38)35-10-12-36(13-11-35)27-19(2)15-31-16-22(27)29/h4-5,7,9,14-17,32H,3,6,8,10-13,18H2,1-2H3. The van der Waals surface area contributed by atoms with Crippen LogP contribution < -0.4 is 15.1 Å². The second-order valence-corrected chi connectivity index (χ2v) is 10.2. The first-order valence-electron chi connectivity index (χ1n) is 13.1. The molecule has 1 N–H and O–H groups in total. The third kappa shape index (κ3) is 4.41. The summed E-state index contributed by atoms with van der Waals surface area (Å²) in [6.45, 7) is 9.18. The number of nitrogens with zero attached hydrogens (tertiary/aromatic N) is 7. The molecule has 4 aromatic rings. The van der Waals surface area contributed by atoms with Crippen molar-refractivity contribution in [3.63, 3.8) is 0 Å². The summed E-state index contributed by atoms with van der Waals surface area (Å²) in [5, 5.41) is 4.06. The second-order valence-electron chi connectivity index (χ2n) is 9.79. The van der Waals surface area contributed by atoms with Crippen LogP contribution in [0.15, 0.2) is 49.2 Å². The molecule has 0 saturated carbocycles. The molecule has 1 amide bonds. The smallest absolute Gasteiger partial charge is 0.242 e. The van der Waals surface area contributed by atoms with E-state index >= 15 is 0 Å². The van der Waals surface area contributed by atoms with Gasteiger partial charge in [-0.2, -0.15) is 0 Å². The van der Waals surface area contributed by atoms with Crippen molar-refractivity contribution < 1.29 is 4.79 Å². The molecule has 0 unspecified atom stereocenters. The molecule has 1 fully saturated rings. The van der Waals surface area contributed by atoms with Crippen LogP contribution in [0.2, 0.25) is 5.02 Å². The maximum atomic E-state index is 13.2. The molecule has 3 aromatic heterocycles. The van der Waals surface area contributed by atoms with Crippen molar-refractivity contribution in [3.05, 3.63) is 65.3 Å². The maximum Gasteiger partial charge on any atom is 0.242 e. The van der Waals surface area contributed by atoms with E-state index in [1.54, 1.807) is 18.6 Å². The number of anilines is 3. The van der Waals surface area contributed by atoms with Crippen molar-refractivity contribution in [2.24, 2.45) is 0 Å². The zero-order valence-corrected chi connectivity index (χ0v) is 22.4. The minimum absolute atomic E-state index is 0.0599. The summed E-state index contributed by atoms with van der Waals surface area (Å²) < 4.78 is 1.97. The molecule has 196 valence electrons. The lowest BCUT2D eigenvalue weighted by Crippen LogP contribution is -2.50. The molecule has 2 aliphatic rings. The number of carbonyl (C=O) groups excluding carboxylic acids is 1. The fraction of sp³-hybridized carbons (Fsp3) is 0.357. The number of pyridine rings is 1. The minimum atomic E-state index is 0.0599. The Bertz CT molecular complexity index is 1470. The molecule has 1 saturated heterocycles. The predicted molar refractivity (Wildman–Crippen MR) is 151 cm³/mol. The van der Waals surface area contributed by atoms with Crippen molar-refractivity contribution in [2.45, 2.75) is 20.3 Å². The number of amides is 1. The number of carbonyl (C=O) groups is 1. The van der Waals surface area contributed by atoms with Crippen LogP contribution >= 0.6 is 11.6 Å². The Balaban J connectivity index is 1.18. The molecule has 1 aromatic carbocycles. The van der Waals surface area contributed by atoms with Gasteiger partial charge in [-0.15, -0.1) is 0 Å². The number of rotatable bonds is 6. The lowest BCUT2D eigenvalue weighted by Gasteiger charge is -2.37. The summed E-state index contributed by atoms with van der Waals surface area (Å²) in [6.07, 6.45) is 9.89. The molecule has 5 heterocycles. The van der Waals surface area contributed by atoms with Gasteiger partial charge in [0.25, 0.3) is 0 Å². The van der Waals surface area contributed by atoms with E-state index < -0.39 is 0 Å². The van der Waals surface area contributed by atoms with Gasteiger partial charge in [0.2, 0.25) is 5.91 Å². The van der Waals surface area contributed by atoms with Crippen molar-refractivity contribution >= 4 is 40.3 Å². The van der Waals surface area contributed by atoms with Gasteiger partial charge in [-0.3, -0.25) is 19.2 Å². The van der Waals surface area contributed by atoms with Crippen LogP contribution in [-0.2, 0) is 11.2 Å². The van der Waals surface area contributed by atoms with Crippen LogP contribution in [0.1, 0.15) is 18.1 Å². The van der Waals surface area contributed by atoms with E-state index in [4.69, 9.17) is 16.6 Å². The van der Waals surface area contributed by atoms with Crippen LogP contribution in [0, 0.1) is 6.92 Å². The Morgan fingerprint density at radius 2 is 1.92 bits per heavy atom. The van der Waals surface area contributed by atoms with Gasteiger partial charge in [-0.1, -0.05) is 17.7 Å². The third-order valence-corrected chi connectivity index (χ3v) is 7.84. The molecule has 0 spiro atoms. The first-order chi connectivity index (χ1) is 18.5. The molecule has 0 radical (unpaired) electrons. The molecular weight excluding hydrogens is 500 g/mol. The van der Waals surface area contributed by atoms with E-state index in [9.17, 15) is 4.79 Å². The van der Waals surface area contributed by atoms with E-state index in [1.807, 2.05) is 28.6 Å². The number of piperazine rings is 1. The highest BCUT2D eigenvalue weighted by atomic mass is 35.5. The number of aromatic nitrogens is 4. The summed E-state index contributed by atoms with van der Waals surface area (Å²) in [5.41, 5.74) is 7.30. The van der Waals surface area contributed by atoms with Crippen molar-refractivity contribution in [3.8, 4) is 11.3 Å². The fourth-order valence-corrected chi connectivity index (χ4v) is 5.92. The van der Waals surface area contributed by atoms with Crippen LogP contribution in [-0.4, -0.2) is 76.0 Å². The summed E-state index contributed by atoms with van der Waals surface area (Å²) in [6, 6.07) is 6.55. The van der Waals surface area contributed by atoms with E-state index in [1.165, 1.54) is 11.3 Å². The Morgan fingerprint density at radius 3 is 2.71 bits per heavy atom. The molecule has 0 aliphatic carbocycles. The normalized spacial score (nSPS) is 15.3. The largest absolute Gasteiger partial charge is 0.371 e. The average Bonchev–Trinajstić information content (AvgIpc) is 3.52. The van der Waals surface area contributed by atoms with Crippen LogP contribution in [0.5, 0.6) is 0 Å². The van der Waals surface area contributed by atoms with Gasteiger partial charge in [-0.05, 0) is 43.5 Å². The maximum absolute atomic E-state index is 13.2. The number of benzene rings is 1. The van der Waals surface area contributed by atoms with Gasteiger partial charge in [0.05, 0.1) is 23.5 Å². The molecule has 10 heteroatoms. The SMILES string of the molecule is CCN1CCc2cc(-c3nc4cnccn4c3NCC(=O)N3CCN(c4c(C)cncc4Cl)CC3)ccc21. The summed E-state index contributed by atoms with van der Waals surface area (Å²) in [7, 11) is 0. The van der Waals surface area contributed by atoms with E-state index in [2.05, 4.69) is 50.2 Å². The van der Waals surface area contributed by atoms with Crippen molar-refractivity contribution in [2.75, 3.05) is 60.9 Å². The van der Waals surface area contributed by atoms with Crippen LogP contribution in [0.4, 0.5) is 17.2 Å². The molecule has 2 aliphatic heterocycles. The fourth-order valence-electron chi connectivity index (χ4n) is 5.60. The van der Waals surface area contributed by atoms with Crippen molar-refractivity contribution in [1.82, 2.24) is 24.3 Å². The highest BCUT2D eigenvalue weighted by molar-refractivity contribution is 6.33. The van der Waals surface area contributed by atoms with Gasteiger partial charge in [-0.25, -0.2) is 4.98 Å². The van der Waals surface area contributed by atoms with E-state index in [0.717, 1.165) is 66.6 Å². The molecule has 0 atom stereocenters. The first-order valence-corrected chi connectivity index (χ1v) is 13.5. The molecule has 38 heavy (non-hydrogen) atoms. The highest BCUT2D eigenvalue weighted by Gasteiger charge is 2.25. The number of aryl methyl sites for hydroxylation is 1. The monoisotopic (exact) mass is 530 g/mol. The van der Waals surface area contributed by atoms with Crippen LogP contribution in [0.25, 0.3) is 16.9 Å². The Hall–Kier alpha value is -3.85. The van der Waals surface area contributed by atoms with Crippen LogP contribution in [0.3, 0.4) is 0 Å². The Kier molecular flexibility index (Phi) is 6.53. The Morgan fingerprint density at radius 1 is 1.08 bits per heavy atom. The number of imidazole rings is 1. The van der Waals surface area contributed by atoms with Gasteiger partial charge in [0.1, 0.15) is 11.5 Å². The van der Waals surface area contributed by atoms with Gasteiger partial charge in [0.15, 0.2) is 5.65 Å². The number of hydrogen-bond acceptors (Lipinski definition) is 7. The summed E-state index contributed by atoms with van der Waals surface area (Å²) >= 11 is 6.42. The quantitative estimate of drug-likeness (QED) is 0.405. The number of likely N-dealkylation sites (N-methyl/N-ethyl adjacent to an activating group) is 1. The number of hydrogen-bond donors (Lipinski definition) is 1. The summed E-state index contributed by atoms with van der Waals surface area (Å²) in [4.78, 5) is 33.1. The van der Waals surface area contributed by atoms with Gasteiger partial charge in [0, 0.05) is 75.3 Å². The Labute approximate surface area is 227 Å².